The Morgan fingerprint density at radius 2 is 1.83 bits per heavy atom. The molecule has 0 rings (SSSR count). The topological polar surface area (TPSA) is 90.9 Å². The first kappa shape index (κ1) is 21.1. The molecule has 0 radical (unpaired) electrons. The van der Waals surface area contributed by atoms with Crippen LogP contribution in [0, 0.1) is 0 Å². The van der Waals surface area contributed by atoms with Crippen LogP contribution in [-0.4, -0.2) is 49.3 Å². The van der Waals surface area contributed by atoms with E-state index >= 15 is 0 Å². The summed E-state index contributed by atoms with van der Waals surface area (Å²) < 4.78 is 14.6. The maximum atomic E-state index is 11.8. The van der Waals surface area contributed by atoms with Gasteiger partial charge in [-0.3, -0.25) is 10.1 Å². The molecule has 0 aliphatic heterocycles. The summed E-state index contributed by atoms with van der Waals surface area (Å²) in [6, 6.07) is -1.53. The maximum absolute atomic E-state index is 11.8. The fourth-order valence-electron chi connectivity index (χ4n) is 1.67. The summed E-state index contributed by atoms with van der Waals surface area (Å²) in [4.78, 5) is 35.2. The summed E-state index contributed by atoms with van der Waals surface area (Å²) in [5.41, 5.74) is -0.545. The molecular formula is C16H27NO6. The van der Waals surface area contributed by atoms with Crippen molar-refractivity contribution in [2.45, 2.75) is 58.2 Å². The first-order valence-electron chi connectivity index (χ1n) is 7.44. The van der Waals surface area contributed by atoms with Gasteiger partial charge in [0.2, 0.25) is 6.04 Å². The summed E-state index contributed by atoms with van der Waals surface area (Å²) in [6.07, 6.45) is 1.97. The van der Waals surface area contributed by atoms with E-state index in [4.69, 9.17) is 9.47 Å². The number of carbonyl (C=O) groups excluding carboxylic acids is 3. The second-order valence-corrected chi connectivity index (χ2v) is 6.07. The molecule has 0 aliphatic carbocycles. The number of hydrogen-bond acceptors (Lipinski definition) is 7. The minimum Gasteiger partial charge on any atom is -0.467 e. The Labute approximate surface area is 137 Å². The minimum atomic E-state index is -1.24. The van der Waals surface area contributed by atoms with Gasteiger partial charge >= 0.3 is 17.9 Å². The Bertz CT molecular complexity index is 427. The Morgan fingerprint density at radius 3 is 2.30 bits per heavy atom. The first-order valence-corrected chi connectivity index (χ1v) is 7.44. The Morgan fingerprint density at radius 1 is 1.22 bits per heavy atom. The zero-order valence-corrected chi connectivity index (χ0v) is 14.5. The van der Waals surface area contributed by atoms with E-state index in [0.717, 1.165) is 0 Å². The molecule has 23 heavy (non-hydrogen) atoms. The Hall–Kier alpha value is -1.89. The van der Waals surface area contributed by atoms with E-state index < -0.39 is 23.6 Å². The van der Waals surface area contributed by atoms with Crippen LogP contribution >= 0.6 is 0 Å². The van der Waals surface area contributed by atoms with Crippen LogP contribution < -0.4 is 5.32 Å². The predicted molar refractivity (Wildman–Crippen MR) is 84.6 cm³/mol. The van der Waals surface area contributed by atoms with E-state index in [-0.39, 0.29) is 25.0 Å². The van der Waals surface area contributed by atoms with Crippen LogP contribution in [0.1, 0.15) is 40.5 Å². The quantitative estimate of drug-likeness (QED) is 0.295. The lowest BCUT2D eigenvalue weighted by Gasteiger charge is -2.22. The molecule has 7 nitrogen and oxygen atoms in total. The third kappa shape index (κ3) is 9.67. The predicted octanol–water partition coefficient (Wildman–Crippen LogP) is 1.36. The molecule has 0 aromatic heterocycles. The van der Waals surface area contributed by atoms with Gasteiger partial charge < -0.3 is 14.2 Å². The number of ether oxygens (including phenoxy) is 3. The minimum absolute atomic E-state index is 0.000295. The van der Waals surface area contributed by atoms with E-state index in [0.29, 0.717) is 6.42 Å². The van der Waals surface area contributed by atoms with Crippen LogP contribution in [0.15, 0.2) is 12.7 Å². The molecule has 0 aliphatic rings. The molecule has 0 aromatic carbocycles. The summed E-state index contributed by atoms with van der Waals surface area (Å²) in [6.45, 7) is 10.5. The normalized spacial score (nSPS) is 13.6. The number of methoxy groups -OCH3 is 1. The third-order valence-electron chi connectivity index (χ3n) is 2.67. The second-order valence-electron chi connectivity index (χ2n) is 6.07. The van der Waals surface area contributed by atoms with Gasteiger partial charge in [-0.2, -0.15) is 0 Å². The number of nitrogens with one attached hydrogen (secondary N) is 1. The molecule has 0 bridgehead atoms. The lowest BCUT2D eigenvalue weighted by molar-refractivity contribution is -0.156. The highest BCUT2D eigenvalue weighted by molar-refractivity contribution is 5.99. The molecule has 0 aromatic rings. The summed E-state index contributed by atoms with van der Waals surface area (Å²) in [5.74, 6) is -1.83. The summed E-state index contributed by atoms with van der Waals surface area (Å²) in [7, 11) is 1.18. The van der Waals surface area contributed by atoms with Crippen molar-refractivity contribution >= 4 is 17.9 Å². The van der Waals surface area contributed by atoms with Gasteiger partial charge in [-0.25, -0.2) is 9.59 Å². The van der Waals surface area contributed by atoms with Gasteiger partial charge in [0.05, 0.1) is 7.11 Å². The number of hydrogen-bond donors (Lipinski definition) is 1. The molecule has 0 saturated carbocycles. The van der Waals surface area contributed by atoms with Crippen molar-refractivity contribution in [1.82, 2.24) is 5.32 Å². The largest absolute Gasteiger partial charge is 0.467 e. The highest BCUT2D eigenvalue weighted by Gasteiger charge is 2.30. The van der Waals surface area contributed by atoms with Crippen LogP contribution in [0.4, 0.5) is 0 Å². The molecule has 0 amide bonds. The molecule has 1 N–H and O–H groups in total. The Kier molecular flexibility index (Phi) is 9.17. The van der Waals surface area contributed by atoms with Crippen molar-refractivity contribution in [3.8, 4) is 0 Å². The number of carbonyl (C=O) groups is 3. The molecular weight excluding hydrogens is 302 g/mol. The van der Waals surface area contributed by atoms with Crippen molar-refractivity contribution in [1.29, 1.82) is 0 Å². The third-order valence-corrected chi connectivity index (χ3v) is 2.67. The van der Waals surface area contributed by atoms with Crippen molar-refractivity contribution in [2.75, 3.05) is 13.7 Å². The van der Waals surface area contributed by atoms with Gasteiger partial charge in [0.25, 0.3) is 0 Å². The highest BCUT2D eigenvalue weighted by Crippen LogP contribution is 2.10. The van der Waals surface area contributed by atoms with E-state index in [1.807, 2.05) is 0 Å². The van der Waals surface area contributed by atoms with Gasteiger partial charge in [-0.1, -0.05) is 12.7 Å². The van der Waals surface area contributed by atoms with E-state index in [2.05, 4.69) is 16.6 Å². The van der Waals surface area contributed by atoms with E-state index in [1.54, 1.807) is 27.7 Å². The molecule has 1 unspecified atom stereocenters. The molecule has 132 valence electrons. The molecule has 0 saturated heterocycles. The number of rotatable bonds is 9. The molecule has 0 heterocycles. The lowest BCUT2D eigenvalue weighted by atomic mass is 10.1. The smallest absolute Gasteiger partial charge is 0.335 e. The monoisotopic (exact) mass is 329 g/mol. The van der Waals surface area contributed by atoms with Crippen LogP contribution in [0.5, 0.6) is 0 Å². The average Bonchev–Trinajstić information content (AvgIpc) is 2.45. The molecule has 0 spiro atoms. The van der Waals surface area contributed by atoms with Crippen LogP contribution in [0.25, 0.3) is 0 Å². The van der Waals surface area contributed by atoms with Crippen molar-refractivity contribution in [3.63, 3.8) is 0 Å². The lowest BCUT2D eigenvalue weighted by Crippen LogP contribution is -2.49. The zero-order chi connectivity index (χ0) is 18.0. The maximum Gasteiger partial charge on any atom is 0.335 e. The van der Waals surface area contributed by atoms with Crippen molar-refractivity contribution in [2.24, 2.45) is 0 Å². The van der Waals surface area contributed by atoms with E-state index in [9.17, 15) is 14.4 Å². The molecule has 7 heteroatoms. The molecule has 2 atom stereocenters. The summed E-state index contributed by atoms with van der Waals surface area (Å²) >= 11 is 0. The van der Waals surface area contributed by atoms with E-state index in [1.165, 1.54) is 13.2 Å². The van der Waals surface area contributed by atoms with Crippen molar-refractivity contribution in [3.05, 3.63) is 12.7 Å². The van der Waals surface area contributed by atoms with Crippen LogP contribution in [0.2, 0.25) is 0 Å². The second kappa shape index (κ2) is 9.99. The van der Waals surface area contributed by atoms with Gasteiger partial charge in [0.1, 0.15) is 12.2 Å². The zero-order valence-electron chi connectivity index (χ0n) is 14.5. The Balaban J connectivity index is 4.51. The van der Waals surface area contributed by atoms with Crippen LogP contribution in [-0.2, 0) is 28.6 Å². The average molecular weight is 329 g/mol. The first-order chi connectivity index (χ1) is 10.6. The standard InChI is InChI=1S/C16H27NO6/c1-7-10-22-15(20)13(14(19)21-6)17-11(2)8-9-12(18)23-16(3,4)5/h7,11,13,17H,1,8-10H2,2-6H3/t11-,13?/m1/s1. The summed E-state index contributed by atoms with van der Waals surface area (Å²) in [5, 5.41) is 2.80. The van der Waals surface area contributed by atoms with Crippen LogP contribution in [0.3, 0.4) is 0 Å². The van der Waals surface area contributed by atoms with Gasteiger partial charge in [0, 0.05) is 12.5 Å². The number of esters is 3. The SMILES string of the molecule is C=CCOC(=O)C(N[C@H](C)CCC(=O)OC(C)(C)C)C(=O)OC. The van der Waals surface area contributed by atoms with Gasteiger partial charge in [-0.05, 0) is 34.1 Å². The van der Waals surface area contributed by atoms with Gasteiger partial charge in [0.15, 0.2) is 0 Å². The highest BCUT2D eigenvalue weighted by atomic mass is 16.6. The van der Waals surface area contributed by atoms with Crippen molar-refractivity contribution < 1.29 is 28.6 Å². The molecule has 0 fully saturated rings. The fraction of sp³-hybridized carbons (Fsp3) is 0.688. The van der Waals surface area contributed by atoms with Gasteiger partial charge in [-0.15, -0.1) is 0 Å². The fourth-order valence-corrected chi connectivity index (χ4v) is 1.67.